The van der Waals surface area contributed by atoms with Crippen LogP contribution >= 0.6 is 11.6 Å². The summed E-state index contributed by atoms with van der Waals surface area (Å²) >= 11 is 6.24. The Morgan fingerprint density at radius 1 is 0.846 bits per heavy atom. The average Bonchev–Trinajstić information content (AvgIpc) is 3.16. The van der Waals surface area contributed by atoms with Crippen molar-refractivity contribution in [3.63, 3.8) is 0 Å². The van der Waals surface area contributed by atoms with Crippen molar-refractivity contribution in [2.24, 2.45) is 0 Å². The van der Waals surface area contributed by atoms with Crippen LogP contribution in [0.1, 0.15) is 27.6 Å². The van der Waals surface area contributed by atoms with Crippen LogP contribution in [-0.2, 0) is 14.3 Å². The SMILES string of the molecule is CCOC(=O)c1cccc(N2C(=O)C(Cl)=C(Nc3ccc(C(=O)Nc4cccc5ccccc45)cc3)C2=O)c1. The molecular formula is C30H22ClN3O5. The number of hydrogen-bond donors (Lipinski definition) is 2. The second-order valence-corrected chi connectivity index (χ2v) is 8.97. The lowest BCUT2D eigenvalue weighted by Crippen LogP contribution is -2.32. The van der Waals surface area contributed by atoms with E-state index in [1.54, 1.807) is 37.3 Å². The molecule has 0 atom stereocenters. The highest BCUT2D eigenvalue weighted by Gasteiger charge is 2.39. The minimum atomic E-state index is -0.726. The van der Waals surface area contributed by atoms with Crippen molar-refractivity contribution in [3.05, 3.63) is 113 Å². The van der Waals surface area contributed by atoms with Crippen LogP contribution in [0.3, 0.4) is 0 Å². The van der Waals surface area contributed by atoms with Gasteiger partial charge in [0.1, 0.15) is 10.7 Å². The highest BCUT2D eigenvalue weighted by atomic mass is 35.5. The van der Waals surface area contributed by atoms with Crippen LogP contribution in [0.15, 0.2) is 102 Å². The Kier molecular flexibility index (Phi) is 7.12. The highest BCUT2D eigenvalue weighted by Crippen LogP contribution is 2.31. The van der Waals surface area contributed by atoms with Crippen molar-refractivity contribution in [2.75, 3.05) is 22.1 Å². The van der Waals surface area contributed by atoms with Crippen molar-refractivity contribution < 1.29 is 23.9 Å². The van der Waals surface area contributed by atoms with E-state index in [2.05, 4.69) is 10.6 Å². The van der Waals surface area contributed by atoms with Gasteiger partial charge in [-0.15, -0.1) is 0 Å². The van der Waals surface area contributed by atoms with Gasteiger partial charge < -0.3 is 15.4 Å². The van der Waals surface area contributed by atoms with Gasteiger partial charge in [-0.1, -0.05) is 54.1 Å². The Hall–Kier alpha value is -4.95. The maximum atomic E-state index is 13.1. The molecule has 0 fully saturated rings. The number of anilines is 3. The monoisotopic (exact) mass is 539 g/mol. The summed E-state index contributed by atoms with van der Waals surface area (Å²) in [4.78, 5) is 51.8. The van der Waals surface area contributed by atoms with E-state index >= 15 is 0 Å². The molecule has 39 heavy (non-hydrogen) atoms. The summed E-state index contributed by atoms with van der Waals surface area (Å²) in [6, 6.07) is 25.8. The number of benzene rings is 4. The normalized spacial score (nSPS) is 13.1. The number of rotatable bonds is 7. The van der Waals surface area contributed by atoms with Gasteiger partial charge in [0.25, 0.3) is 17.7 Å². The predicted octanol–water partition coefficient (Wildman–Crippen LogP) is 5.70. The molecule has 9 heteroatoms. The van der Waals surface area contributed by atoms with Crippen molar-refractivity contribution in [1.82, 2.24) is 0 Å². The molecule has 0 aliphatic carbocycles. The predicted molar refractivity (Wildman–Crippen MR) is 150 cm³/mol. The van der Waals surface area contributed by atoms with E-state index in [0.29, 0.717) is 16.9 Å². The van der Waals surface area contributed by atoms with Crippen molar-refractivity contribution in [3.8, 4) is 0 Å². The molecule has 5 rings (SSSR count). The van der Waals surface area contributed by atoms with E-state index < -0.39 is 17.8 Å². The summed E-state index contributed by atoms with van der Waals surface area (Å²) in [6.07, 6.45) is 0. The second kappa shape index (κ2) is 10.8. The fourth-order valence-corrected chi connectivity index (χ4v) is 4.42. The fourth-order valence-electron chi connectivity index (χ4n) is 4.21. The fraction of sp³-hybridized carbons (Fsp3) is 0.0667. The summed E-state index contributed by atoms with van der Waals surface area (Å²) in [7, 11) is 0. The lowest BCUT2D eigenvalue weighted by molar-refractivity contribution is -0.120. The molecule has 0 radical (unpaired) electrons. The summed E-state index contributed by atoms with van der Waals surface area (Å²) in [5, 5.41) is 7.46. The van der Waals surface area contributed by atoms with Gasteiger partial charge in [0.15, 0.2) is 0 Å². The number of ether oxygens (including phenoxy) is 1. The molecule has 0 bridgehead atoms. The standard InChI is InChI=1S/C30H22ClN3O5/c1-2-39-30(38)20-9-5-10-22(17-20)34-28(36)25(31)26(29(34)37)32-21-15-13-19(14-16-21)27(35)33-24-12-6-8-18-7-3-4-11-23(18)24/h3-17,32H,2H2,1H3,(H,33,35). The van der Waals surface area contributed by atoms with Crippen molar-refractivity contribution in [1.29, 1.82) is 0 Å². The first-order valence-electron chi connectivity index (χ1n) is 12.1. The molecule has 0 unspecified atom stereocenters. The van der Waals surface area contributed by atoms with E-state index in [0.717, 1.165) is 15.7 Å². The first-order chi connectivity index (χ1) is 18.9. The molecule has 1 aliphatic heterocycles. The third-order valence-electron chi connectivity index (χ3n) is 6.10. The number of imide groups is 1. The summed E-state index contributed by atoms with van der Waals surface area (Å²) in [6.45, 7) is 1.87. The number of halogens is 1. The van der Waals surface area contributed by atoms with Gasteiger partial charge in [0.05, 0.1) is 17.9 Å². The van der Waals surface area contributed by atoms with Crippen LogP contribution in [0.2, 0.25) is 0 Å². The zero-order valence-electron chi connectivity index (χ0n) is 20.7. The van der Waals surface area contributed by atoms with Gasteiger partial charge in [-0.2, -0.15) is 0 Å². The van der Waals surface area contributed by atoms with Gasteiger partial charge in [0, 0.05) is 22.3 Å². The topological polar surface area (TPSA) is 105 Å². The second-order valence-electron chi connectivity index (χ2n) is 8.59. The lowest BCUT2D eigenvalue weighted by atomic mass is 10.1. The quantitative estimate of drug-likeness (QED) is 0.230. The molecular weight excluding hydrogens is 518 g/mol. The number of amides is 3. The van der Waals surface area contributed by atoms with Gasteiger partial charge in [-0.3, -0.25) is 14.4 Å². The Balaban J connectivity index is 1.31. The molecule has 194 valence electrons. The molecule has 2 N–H and O–H groups in total. The van der Waals surface area contributed by atoms with Crippen LogP contribution in [-0.4, -0.2) is 30.3 Å². The maximum absolute atomic E-state index is 13.1. The molecule has 1 heterocycles. The van der Waals surface area contributed by atoms with Crippen LogP contribution in [0, 0.1) is 0 Å². The van der Waals surface area contributed by atoms with Crippen LogP contribution < -0.4 is 15.5 Å². The number of fused-ring (bicyclic) bond motifs is 1. The highest BCUT2D eigenvalue weighted by molar-refractivity contribution is 6.53. The molecule has 0 saturated carbocycles. The van der Waals surface area contributed by atoms with Crippen molar-refractivity contribution >= 4 is 63.1 Å². The number of carbonyl (C=O) groups excluding carboxylic acids is 4. The number of esters is 1. The smallest absolute Gasteiger partial charge is 0.338 e. The van der Waals surface area contributed by atoms with Gasteiger partial charge in [0.2, 0.25) is 0 Å². The Bertz CT molecular complexity index is 1660. The van der Waals surface area contributed by atoms with Crippen LogP contribution in [0.5, 0.6) is 0 Å². The largest absolute Gasteiger partial charge is 0.462 e. The Morgan fingerprint density at radius 3 is 2.33 bits per heavy atom. The number of carbonyl (C=O) groups is 4. The van der Waals surface area contributed by atoms with E-state index in [1.165, 1.54) is 18.2 Å². The Labute approximate surface area is 228 Å². The summed E-state index contributed by atoms with van der Waals surface area (Å²) in [5.41, 5.74) is 1.82. The van der Waals surface area contributed by atoms with E-state index in [-0.39, 0.29) is 34.5 Å². The first kappa shape index (κ1) is 25.7. The maximum Gasteiger partial charge on any atom is 0.338 e. The summed E-state index contributed by atoms with van der Waals surface area (Å²) < 4.78 is 4.99. The van der Waals surface area contributed by atoms with Gasteiger partial charge in [-0.25, -0.2) is 9.69 Å². The number of nitrogens with zero attached hydrogens (tertiary/aromatic N) is 1. The van der Waals surface area contributed by atoms with E-state index in [9.17, 15) is 19.2 Å². The average molecular weight is 540 g/mol. The number of hydrogen-bond acceptors (Lipinski definition) is 6. The van der Waals surface area contributed by atoms with E-state index in [1.807, 2.05) is 42.5 Å². The molecule has 4 aromatic rings. The minimum Gasteiger partial charge on any atom is -0.462 e. The minimum absolute atomic E-state index is 0.115. The first-order valence-corrected chi connectivity index (χ1v) is 12.5. The van der Waals surface area contributed by atoms with Crippen LogP contribution in [0.4, 0.5) is 17.1 Å². The molecule has 4 aromatic carbocycles. The van der Waals surface area contributed by atoms with Gasteiger partial charge >= 0.3 is 5.97 Å². The lowest BCUT2D eigenvalue weighted by Gasteiger charge is -2.16. The van der Waals surface area contributed by atoms with E-state index in [4.69, 9.17) is 16.3 Å². The molecule has 1 aliphatic rings. The third kappa shape index (κ3) is 5.10. The molecule has 3 amide bonds. The summed E-state index contributed by atoms with van der Waals surface area (Å²) in [5.74, 6) is -2.27. The zero-order chi connectivity index (χ0) is 27.5. The molecule has 0 aromatic heterocycles. The third-order valence-corrected chi connectivity index (χ3v) is 6.45. The van der Waals surface area contributed by atoms with Crippen molar-refractivity contribution in [2.45, 2.75) is 6.92 Å². The van der Waals surface area contributed by atoms with Gasteiger partial charge in [-0.05, 0) is 60.8 Å². The molecule has 0 saturated heterocycles. The molecule has 0 spiro atoms. The number of nitrogens with one attached hydrogen (secondary N) is 2. The van der Waals surface area contributed by atoms with Crippen LogP contribution in [0.25, 0.3) is 10.8 Å². The Morgan fingerprint density at radius 2 is 1.56 bits per heavy atom. The molecule has 8 nitrogen and oxygen atoms in total. The zero-order valence-corrected chi connectivity index (χ0v) is 21.5.